The van der Waals surface area contributed by atoms with Crippen LogP contribution in [0.15, 0.2) is 12.1 Å². The van der Waals surface area contributed by atoms with E-state index in [-0.39, 0.29) is 0 Å². The highest BCUT2D eigenvalue weighted by Crippen LogP contribution is 2.25. The third-order valence-corrected chi connectivity index (χ3v) is 3.47. The molecule has 3 heteroatoms. The summed E-state index contributed by atoms with van der Waals surface area (Å²) in [5.74, 6) is 0. The van der Waals surface area contributed by atoms with Crippen LogP contribution >= 0.6 is 11.3 Å². The van der Waals surface area contributed by atoms with Crippen molar-refractivity contribution < 1.29 is 0 Å². The number of piperazine rings is 1. The topological polar surface area (TPSA) is 15.3 Å². The first kappa shape index (κ1) is 9.03. The summed E-state index contributed by atoms with van der Waals surface area (Å²) in [4.78, 5) is 3.87. The lowest BCUT2D eigenvalue weighted by Gasteiger charge is -2.32. The van der Waals surface area contributed by atoms with Crippen LogP contribution in [0.1, 0.15) is 11.8 Å². The van der Waals surface area contributed by atoms with Crippen LogP contribution in [-0.4, -0.2) is 25.7 Å². The molecule has 0 spiro atoms. The van der Waals surface area contributed by atoms with Crippen molar-refractivity contribution in [3.05, 3.63) is 17.0 Å². The van der Waals surface area contributed by atoms with E-state index in [4.69, 9.17) is 0 Å². The van der Waals surface area contributed by atoms with Crippen molar-refractivity contribution in [3.63, 3.8) is 0 Å². The second kappa shape index (κ2) is 3.68. The van der Waals surface area contributed by atoms with E-state index in [0.29, 0.717) is 6.04 Å². The van der Waals surface area contributed by atoms with Crippen LogP contribution < -0.4 is 10.2 Å². The van der Waals surface area contributed by atoms with E-state index < -0.39 is 0 Å². The first-order chi connectivity index (χ1) is 6.25. The summed E-state index contributed by atoms with van der Waals surface area (Å²) in [6.45, 7) is 7.80. The molecule has 72 valence electrons. The van der Waals surface area contributed by atoms with Gasteiger partial charge in [-0.1, -0.05) is 0 Å². The zero-order chi connectivity index (χ0) is 9.26. The van der Waals surface area contributed by atoms with Gasteiger partial charge in [-0.2, -0.15) is 0 Å². The van der Waals surface area contributed by atoms with Gasteiger partial charge in [0.25, 0.3) is 0 Å². The molecule has 1 fully saturated rings. The van der Waals surface area contributed by atoms with Crippen LogP contribution in [0.5, 0.6) is 0 Å². The van der Waals surface area contributed by atoms with Gasteiger partial charge in [0.15, 0.2) is 0 Å². The maximum absolute atomic E-state index is 3.45. The molecule has 1 aromatic rings. The Hall–Kier alpha value is -0.540. The van der Waals surface area contributed by atoms with Crippen LogP contribution in [0.25, 0.3) is 0 Å². The molecule has 1 unspecified atom stereocenters. The van der Waals surface area contributed by atoms with Crippen molar-refractivity contribution in [2.75, 3.05) is 24.5 Å². The molecule has 2 rings (SSSR count). The largest absolute Gasteiger partial charge is 0.361 e. The predicted molar refractivity (Wildman–Crippen MR) is 58.7 cm³/mol. The van der Waals surface area contributed by atoms with E-state index in [1.165, 1.54) is 9.88 Å². The van der Waals surface area contributed by atoms with Crippen molar-refractivity contribution in [1.82, 2.24) is 5.32 Å². The third-order valence-electron chi connectivity index (χ3n) is 2.41. The van der Waals surface area contributed by atoms with Crippen LogP contribution in [0, 0.1) is 6.92 Å². The number of hydrogen-bond acceptors (Lipinski definition) is 3. The molecular formula is C10H16N2S. The van der Waals surface area contributed by atoms with E-state index in [2.05, 4.69) is 36.2 Å². The van der Waals surface area contributed by atoms with Gasteiger partial charge in [0.1, 0.15) is 0 Å². The highest BCUT2D eigenvalue weighted by atomic mass is 32.1. The molecule has 1 aromatic heterocycles. The van der Waals surface area contributed by atoms with Crippen molar-refractivity contribution in [2.45, 2.75) is 19.9 Å². The van der Waals surface area contributed by atoms with Gasteiger partial charge in [-0.3, -0.25) is 0 Å². The van der Waals surface area contributed by atoms with Gasteiger partial charge < -0.3 is 10.2 Å². The summed E-state index contributed by atoms with van der Waals surface area (Å²) in [5, 5.41) is 4.87. The fraction of sp³-hybridized carbons (Fsp3) is 0.600. The zero-order valence-electron chi connectivity index (χ0n) is 8.21. The summed E-state index contributed by atoms with van der Waals surface area (Å²) in [5.41, 5.74) is 0. The first-order valence-corrected chi connectivity index (χ1v) is 5.62. The number of nitrogens with zero attached hydrogens (tertiary/aromatic N) is 1. The lowest BCUT2D eigenvalue weighted by atomic mass is 10.2. The van der Waals surface area contributed by atoms with E-state index in [1.807, 2.05) is 11.3 Å². The lowest BCUT2D eigenvalue weighted by molar-refractivity contribution is 0.486. The summed E-state index contributed by atoms with van der Waals surface area (Å²) in [6.07, 6.45) is 0. The first-order valence-electron chi connectivity index (χ1n) is 4.80. The molecule has 2 heterocycles. The molecule has 2 nitrogen and oxygen atoms in total. The number of hydrogen-bond donors (Lipinski definition) is 1. The fourth-order valence-corrected chi connectivity index (χ4v) is 2.62. The van der Waals surface area contributed by atoms with Gasteiger partial charge in [0, 0.05) is 30.6 Å². The predicted octanol–water partition coefficient (Wildman–Crippen LogP) is 1.85. The minimum Gasteiger partial charge on any atom is -0.361 e. The molecule has 1 N–H and O–H groups in total. The number of aryl methyl sites for hydroxylation is 1. The molecule has 13 heavy (non-hydrogen) atoms. The molecule has 0 saturated carbocycles. The number of nitrogens with one attached hydrogen (secondary N) is 1. The molecule has 1 aliphatic heterocycles. The van der Waals surface area contributed by atoms with Crippen molar-refractivity contribution >= 4 is 16.3 Å². The summed E-state index contributed by atoms with van der Waals surface area (Å²) in [7, 11) is 0. The highest BCUT2D eigenvalue weighted by molar-refractivity contribution is 7.16. The maximum atomic E-state index is 3.45. The number of rotatable bonds is 1. The van der Waals surface area contributed by atoms with Gasteiger partial charge in [0.05, 0.1) is 5.00 Å². The molecule has 1 atom stereocenters. The van der Waals surface area contributed by atoms with Crippen molar-refractivity contribution in [1.29, 1.82) is 0 Å². The Morgan fingerprint density at radius 1 is 1.54 bits per heavy atom. The molecule has 0 radical (unpaired) electrons. The molecule has 0 amide bonds. The Morgan fingerprint density at radius 3 is 3.00 bits per heavy atom. The quantitative estimate of drug-likeness (QED) is 0.737. The van der Waals surface area contributed by atoms with E-state index in [0.717, 1.165) is 19.6 Å². The Bertz CT molecular complexity index is 282. The second-order valence-corrected chi connectivity index (χ2v) is 4.95. The van der Waals surface area contributed by atoms with Crippen LogP contribution in [0.2, 0.25) is 0 Å². The highest BCUT2D eigenvalue weighted by Gasteiger charge is 2.16. The average Bonchev–Trinajstić information content (AvgIpc) is 2.52. The zero-order valence-corrected chi connectivity index (χ0v) is 9.03. The second-order valence-electron chi connectivity index (χ2n) is 3.69. The number of thiophene rings is 1. The Labute approximate surface area is 83.6 Å². The molecule has 0 aromatic carbocycles. The van der Waals surface area contributed by atoms with Gasteiger partial charge in [0.2, 0.25) is 0 Å². The van der Waals surface area contributed by atoms with Crippen molar-refractivity contribution in [3.8, 4) is 0 Å². The van der Waals surface area contributed by atoms with E-state index >= 15 is 0 Å². The molecule has 0 bridgehead atoms. The third kappa shape index (κ3) is 2.03. The Morgan fingerprint density at radius 2 is 2.38 bits per heavy atom. The van der Waals surface area contributed by atoms with E-state index in [9.17, 15) is 0 Å². The molecular weight excluding hydrogens is 180 g/mol. The summed E-state index contributed by atoms with van der Waals surface area (Å²) < 4.78 is 0. The minimum absolute atomic E-state index is 0.621. The summed E-state index contributed by atoms with van der Waals surface area (Å²) >= 11 is 1.89. The van der Waals surface area contributed by atoms with Gasteiger partial charge in [-0.25, -0.2) is 0 Å². The molecule has 0 aliphatic carbocycles. The van der Waals surface area contributed by atoms with Crippen molar-refractivity contribution in [2.24, 2.45) is 0 Å². The monoisotopic (exact) mass is 196 g/mol. The minimum atomic E-state index is 0.621. The normalized spacial score (nSPS) is 23.5. The van der Waals surface area contributed by atoms with E-state index in [1.54, 1.807) is 0 Å². The maximum Gasteiger partial charge on any atom is 0.0912 e. The Kier molecular flexibility index (Phi) is 2.56. The lowest BCUT2D eigenvalue weighted by Crippen LogP contribution is -2.49. The van der Waals surface area contributed by atoms with Crippen LogP contribution in [0.3, 0.4) is 0 Å². The van der Waals surface area contributed by atoms with Crippen LogP contribution in [0.4, 0.5) is 5.00 Å². The van der Waals surface area contributed by atoms with Gasteiger partial charge in [-0.05, 0) is 26.0 Å². The Balaban J connectivity index is 2.08. The number of anilines is 1. The molecule has 1 aliphatic rings. The standard InChI is InChI=1S/C10H16N2S/c1-8-7-12(6-5-11-8)10-4-3-9(2)13-10/h3-4,8,11H,5-7H2,1-2H3. The SMILES string of the molecule is Cc1ccc(N2CCNC(C)C2)s1. The fourth-order valence-electron chi connectivity index (χ4n) is 1.72. The molecule has 1 saturated heterocycles. The average molecular weight is 196 g/mol. The van der Waals surface area contributed by atoms with Gasteiger partial charge >= 0.3 is 0 Å². The summed E-state index contributed by atoms with van der Waals surface area (Å²) in [6, 6.07) is 5.06. The van der Waals surface area contributed by atoms with Crippen LogP contribution in [-0.2, 0) is 0 Å². The smallest absolute Gasteiger partial charge is 0.0912 e. The van der Waals surface area contributed by atoms with Gasteiger partial charge in [-0.15, -0.1) is 11.3 Å².